The zero-order chi connectivity index (χ0) is 19.0. The second-order valence-corrected chi connectivity index (χ2v) is 6.68. The second kappa shape index (κ2) is 6.90. The number of aryl methyl sites for hydroxylation is 1. The van der Waals surface area contributed by atoms with Crippen molar-refractivity contribution < 1.29 is 14.3 Å². The summed E-state index contributed by atoms with van der Waals surface area (Å²) in [6, 6.07) is 7.60. The van der Waals surface area contributed by atoms with Crippen LogP contribution in [0.2, 0.25) is 0 Å². The van der Waals surface area contributed by atoms with Crippen LogP contribution in [0, 0.1) is 6.92 Å². The SMILES string of the molecule is COc1ccc(OC)c([C@H]2CCN(C(=O)c3c(C)nc4ncccn34)C2)c1. The van der Waals surface area contributed by atoms with Gasteiger partial charge in [-0.2, -0.15) is 0 Å². The topological polar surface area (TPSA) is 69.0 Å². The monoisotopic (exact) mass is 366 g/mol. The van der Waals surface area contributed by atoms with Gasteiger partial charge in [-0.15, -0.1) is 0 Å². The summed E-state index contributed by atoms with van der Waals surface area (Å²) < 4.78 is 12.6. The highest BCUT2D eigenvalue weighted by molar-refractivity contribution is 5.94. The van der Waals surface area contributed by atoms with Crippen LogP contribution in [0.15, 0.2) is 36.7 Å². The molecular formula is C20H22N4O3. The van der Waals surface area contributed by atoms with Crippen molar-refractivity contribution in [2.75, 3.05) is 27.3 Å². The first-order valence-electron chi connectivity index (χ1n) is 8.93. The quantitative estimate of drug-likeness (QED) is 0.710. The lowest BCUT2D eigenvalue weighted by atomic mass is 9.97. The van der Waals surface area contributed by atoms with Crippen molar-refractivity contribution in [2.24, 2.45) is 0 Å². The summed E-state index contributed by atoms with van der Waals surface area (Å²) in [6.07, 6.45) is 4.38. The Balaban J connectivity index is 1.61. The van der Waals surface area contributed by atoms with E-state index in [-0.39, 0.29) is 11.8 Å². The minimum Gasteiger partial charge on any atom is -0.497 e. The minimum atomic E-state index is -0.0163. The number of ether oxygens (including phenoxy) is 2. The van der Waals surface area contributed by atoms with Crippen LogP contribution in [0.5, 0.6) is 11.5 Å². The number of hydrogen-bond acceptors (Lipinski definition) is 5. The molecule has 7 nitrogen and oxygen atoms in total. The minimum absolute atomic E-state index is 0.0163. The predicted molar refractivity (Wildman–Crippen MR) is 101 cm³/mol. The molecule has 0 radical (unpaired) electrons. The molecule has 1 saturated heterocycles. The van der Waals surface area contributed by atoms with E-state index in [2.05, 4.69) is 9.97 Å². The van der Waals surface area contributed by atoms with Gasteiger partial charge in [0.25, 0.3) is 5.91 Å². The summed E-state index contributed by atoms with van der Waals surface area (Å²) in [5.74, 6) is 2.35. The summed E-state index contributed by atoms with van der Waals surface area (Å²) in [4.78, 5) is 23.7. The molecule has 140 valence electrons. The van der Waals surface area contributed by atoms with Gasteiger partial charge in [0.15, 0.2) is 0 Å². The second-order valence-electron chi connectivity index (χ2n) is 6.68. The van der Waals surface area contributed by atoms with Crippen molar-refractivity contribution >= 4 is 11.7 Å². The van der Waals surface area contributed by atoms with Crippen LogP contribution in [-0.2, 0) is 0 Å². The van der Waals surface area contributed by atoms with Gasteiger partial charge in [-0.25, -0.2) is 9.97 Å². The molecular weight excluding hydrogens is 344 g/mol. The maximum absolute atomic E-state index is 13.2. The Labute approximate surface area is 157 Å². The van der Waals surface area contributed by atoms with E-state index in [1.54, 1.807) is 30.9 Å². The van der Waals surface area contributed by atoms with Gasteiger partial charge >= 0.3 is 0 Å². The fraction of sp³-hybridized carbons (Fsp3) is 0.350. The molecule has 0 unspecified atom stereocenters. The standard InChI is InChI=1S/C20H22N4O3/c1-13-18(24-9-4-8-21-20(24)22-13)19(25)23-10-7-14(12-23)16-11-15(26-2)5-6-17(16)27-3/h4-6,8-9,11,14H,7,10,12H2,1-3H3/t14-/m0/s1. The van der Waals surface area contributed by atoms with Crippen LogP contribution in [0.4, 0.5) is 0 Å². The molecule has 0 N–H and O–H groups in total. The van der Waals surface area contributed by atoms with Crippen molar-refractivity contribution in [1.29, 1.82) is 0 Å². The van der Waals surface area contributed by atoms with E-state index >= 15 is 0 Å². The number of carbonyl (C=O) groups is 1. The lowest BCUT2D eigenvalue weighted by Gasteiger charge is -2.18. The first-order chi connectivity index (χ1) is 13.1. The van der Waals surface area contributed by atoms with Crippen LogP contribution < -0.4 is 9.47 Å². The van der Waals surface area contributed by atoms with Crippen LogP contribution >= 0.6 is 0 Å². The van der Waals surface area contributed by atoms with E-state index in [0.717, 1.165) is 23.5 Å². The van der Waals surface area contributed by atoms with E-state index in [1.165, 1.54) is 0 Å². The summed E-state index contributed by atoms with van der Waals surface area (Å²) in [5.41, 5.74) is 2.35. The predicted octanol–water partition coefficient (Wildman–Crippen LogP) is 2.68. The van der Waals surface area contributed by atoms with E-state index < -0.39 is 0 Å². The van der Waals surface area contributed by atoms with E-state index in [4.69, 9.17) is 9.47 Å². The molecule has 2 aromatic heterocycles. The van der Waals surface area contributed by atoms with Gasteiger partial charge < -0.3 is 14.4 Å². The lowest BCUT2D eigenvalue weighted by molar-refractivity contribution is 0.0783. The molecule has 27 heavy (non-hydrogen) atoms. The summed E-state index contributed by atoms with van der Waals surface area (Å²) >= 11 is 0. The van der Waals surface area contributed by atoms with Crippen molar-refractivity contribution in [1.82, 2.24) is 19.3 Å². The fourth-order valence-corrected chi connectivity index (χ4v) is 3.76. The van der Waals surface area contributed by atoms with E-state index in [0.29, 0.717) is 30.3 Å². The number of rotatable bonds is 4. The van der Waals surface area contributed by atoms with Crippen LogP contribution in [-0.4, -0.2) is 52.5 Å². The van der Waals surface area contributed by atoms with Gasteiger partial charge in [0.1, 0.15) is 17.2 Å². The molecule has 0 bridgehead atoms. The van der Waals surface area contributed by atoms with E-state index in [1.807, 2.05) is 36.2 Å². The molecule has 0 saturated carbocycles. The molecule has 0 aliphatic carbocycles. The van der Waals surface area contributed by atoms with Gasteiger partial charge in [-0.3, -0.25) is 9.20 Å². The van der Waals surface area contributed by atoms with Gasteiger partial charge in [0.05, 0.1) is 19.9 Å². The largest absolute Gasteiger partial charge is 0.497 e. The Morgan fingerprint density at radius 3 is 2.89 bits per heavy atom. The average molecular weight is 366 g/mol. The molecule has 1 fully saturated rings. The van der Waals surface area contributed by atoms with Crippen LogP contribution in [0.25, 0.3) is 5.78 Å². The van der Waals surface area contributed by atoms with Gasteiger partial charge in [0.2, 0.25) is 5.78 Å². The molecule has 3 heterocycles. The maximum atomic E-state index is 13.2. The number of benzene rings is 1. The molecule has 4 rings (SSSR count). The third kappa shape index (κ3) is 2.99. The Kier molecular flexibility index (Phi) is 4.43. The molecule has 1 aliphatic rings. The van der Waals surface area contributed by atoms with E-state index in [9.17, 15) is 4.79 Å². The summed E-state index contributed by atoms with van der Waals surface area (Å²) in [6.45, 7) is 3.17. The molecule has 1 amide bonds. The number of carbonyl (C=O) groups excluding carboxylic acids is 1. The fourth-order valence-electron chi connectivity index (χ4n) is 3.76. The maximum Gasteiger partial charge on any atom is 0.272 e. The van der Waals surface area contributed by atoms with Gasteiger partial charge in [-0.1, -0.05) is 0 Å². The van der Waals surface area contributed by atoms with Crippen molar-refractivity contribution in [3.05, 3.63) is 53.6 Å². The molecule has 1 atom stereocenters. The molecule has 1 aliphatic heterocycles. The number of likely N-dealkylation sites (tertiary alicyclic amines) is 1. The van der Waals surface area contributed by atoms with Crippen molar-refractivity contribution in [2.45, 2.75) is 19.3 Å². The number of aromatic nitrogens is 3. The zero-order valence-corrected chi connectivity index (χ0v) is 15.7. The van der Waals surface area contributed by atoms with Crippen molar-refractivity contribution in [3.8, 4) is 11.5 Å². The number of methoxy groups -OCH3 is 2. The number of amides is 1. The molecule has 0 spiro atoms. The average Bonchev–Trinajstić information content (AvgIpc) is 3.31. The lowest BCUT2D eigenvalue weighted by Crippen LogP contribution is -2.30. The third-order valence-corrected chi connectivity index (χ3v) is 5.13. The normalized spacial score (nSPS) is 16.7. The Morgan fingerprint density at radius 2 is 2.11 bits per heavy atom. The van der Waals surface area contributed by atoms with Crippen LogP contribution in [0.3, 0.4) is 0 Å². The highest BCUT2D eigenvalue weighted by Gasteiger charge is 2.32. The Bertz CT molecular complexity index is 998. The highest BCUT2D eigenvalue weighted by Crippen LogP contribution is 2.36. The molecule has 7 heteroatoms. The van der Waals surface area contributed by atoms with Gasteiger partial charge in [-0.05, 0) is 37.6 Å². The number of imidazole rings is 1. The zero-order valence-electron chi connectivity index (χ0n) is 15.7. The number of hydrogen-bond donors (Lipinski definition) is 0. The Morgan fingerprint density at radius 1 is 1.26 bits per heavy atom. The smallest absolute Gasteiger partial charge is 0.272 e. The third-order valence-electron chi connectivity index (χ3n) is 5.13. The summed E-state index contributed by atoms with van der Waals surface area (Å²) in [7, 11) is 3.32. The number of nitrogens with zero attached hydrogens (tertiary/aromatic N) is 4. The number of fused-ring (bicyclic) bond motifs is 1. The highest BCUT2D eigenvalue weighted by atomic mass is 16.5. The molecule has 3 aromatic rings. The summed E-state index contributed by atoms with van der Waals surface area (Å²) in [5, 5.41) is 0. The van der Waals surface area contributed by atoms with Crippen molar-refractivity contribution in [3.63, 3.8) is 0 Å². The first kappa shape index (κ1) is 17.3. The molecule has 1 aromatic carbocycles. The first-order valence-corrected chi connectivity index (χ1v) is 8.93. The Hall–Kier alpha value is -3.09. The van der Waals surface area contributed by atoms with Gasteiger partial charge in [0, 0.05) is 37.0 Å². The van der Waals surface area contributed by atoms with Crippen LogP contribution in [0.1, 0.15) is 34.1 Å².